The molecule has 3 nitrogen and oxygen atoms in total. The Balaban J connectivity index is 1.51. The van der Waals surface area contributed by atoms with Gasteiger partial charge in [0.1, 0.15) is 5.82 Å². The first kappa shape index (κ1) is 18.6. The van der Waals surface area contributed by atoms with E-state index in [0.29, 0.717) is 30.0 Å². The Bertz CT molecular complexity index is 785. The van der Waals surface area contributed by atoms with Crippen molar-refractivity contribution in [2.45, 2.75) is 45.2 Å². The molecule has 27 heavy (non-hydrogen) atoms. The number of nitrogens with zero attached hydrogens (tertiary/aromatic N) is 1. The van der Waals surface area contributed by atoms with Crippen LogP contribution in [0.15, 0.2) is 41.1 Å². The molecule has 2 unspecified atom stereocenters. The number of rotatable bonds is 6. The van der Waals surface area contributed by atoms with Crippen LogP contribution >= 0.6 is 11.3 Å². The molecule has 2 aromatic rings. The summed E-state index contributed by atoms with van der Waals surface area (Å²) in [6.07, 6.45) is 3.85. The van der Waals surface area contributed by atoms with Gasteiger partial charge in [-0.2, -0.15) is 11.3 Å². The largest absolute Gasteiger partial charge is 0.335 e. The Morgan fingerprint density at radius 3 is 2.81 bits per heavy atom. The van der Waals surface area contributed by atoms with E-state index in [2.05, 4.69) is 27.0 Å². The van der Waals surface area contributed by atoms with E-state index in [1.165, 1.54) is 11.6 Å². The lowest BCUT2D eigenvalue weighted by atomic mass is 9.92. The summed E-state index contributed by atoms with van der Waals surface area (Å²) in [5.74, 6) is -0.285. The quantitative estimate of drug-likeness (QED) is 0.805. The molecule has 1 aliphatic heterocycles. The fourth-order valence-corrected chi connectivity index (χ4v) is 5.17. The van der Waals surface area contributed by atoms with E-state index in [1.807, 2.05) is 13.0 Å². The highest BCUT2D eigenvalue weighted by Crippen LogP contribution is 2.56. The van der Waals surface area contributed by atoms with Crippen molar-refractivity contribution in [2.75, 3.05) is 13.1 Å². The highest BCUT2D eigenvalue weighted by atomic mass is 32.1. The normalized spacial score (nSPS) is 21.8. The van der Waals surface area contributed by atoms with Gasteiger partial charge in [0.2, 0.25) is 5.91 Å². The lowest BCUT2D eigenvalue weighted by Gasteiger charge is -2.31. The second-order valence-electron chi connectivity index (χ2n) is 8.13. The maximum Gasteiger partial charge on any atom is 0.226 e. The molecule has 1 spiro atoms. The number of hydrogen-bond acceptors (Lipinski definition) is 3. The van der Waals surface area contributed by atoms with Crippen molar-refractivity contribution < 1.29 is 9.18 Å². The first-order valence-electron chi connectivity index (χ1n) is 9.85. The Kier molecular flexibility index (Phi) is 5.33. The van der Waals surface area contributed by atoms with E-state index in [4.69, 9.17) is 0 Å². The minimum atomic E-state index is -0.222. The summed E-state index contributed by atoms with van der Waals surface area (Å²) in [7, 11) is 0. The Morgan fingerprint density at radius 1 is 1.33 bits per heavy atom. The number of carbonyl (C=O) groups excluding carboxylic acids is 1. The van der Waals surface area contributed by atoms with Crippen LogP contribution in [-0.2, 0) is 17.8 Å². The summed E-state index contributed by atoms with van der Waals surface area (Å²) in [5.41, 5.74) is 2.12. The van der Waals surface area contributed by atoms with E-state index < -0.39 is 0 Å². The van der Waals surface area contributed by atoms with Crippen molar-refractivity contribution in [1.29, 1.82) is 0 Å². The number of nitrogens with one attached hydrogen (secondary N) is 1. The van der Waals surface area contributed by atoms with Crippen molar-refractivity contribution in [2.24, 2.45) is 11.3 Å². The number of carbonyl (C=O) groups is 1. The summed E-state index contributed by atoms with van der Waals surface area (Å²) in [5, 5.41) is 7.62. The van der Waals surface area contributed by atoms with E-state index in [1.54, 1.807) is 23.5 Å². The molecule has 1 saturated carbocycles. The fourth-order valence-electron chi connectivity index (χ4n) is 4.51. The average Bonchev–Trinajstić information content (AvgIpc) is 3.11. The van der Waals surface area contributed by atoms with Crippen molar-refractivity contribution in [3.8, 4) is 0 Å². The molecule has 1 amide bonds. The van der Waals surface area contributed by atoms with E-state index in [0.717, 1.165) is 32.4 Å². The van der Waals surface area contributed by atoms with Gasteiger partial charge in [-0.05, 0) is 78.2 Å². The zero-order chi connectivity index (χ0) is 18.9. The maximum atomic E-state index is 14.0. The SMILES string of the molecule is CC(Cc1ccccc1F)C(=O)N(Cc1ccsc1)C1CC12CCNCC2. The minimum Gasteiger partial charge on any atom is -0.335 e. The van der Waals surface area contributed by atoms with Gasteiger partial charge in [-0.1, -0.05) is 25.1 Å². The summed E-state index contributed by atoms with van der Waals surface area (Å²) >= 11 is 1.67. The molecule has 1 aromatic carbocycles. The molecular formula is C22H27FN2OS. The van der Waals surface area contributed by atoms with E-state index in [9.17, 15) is 9.18 Å². The molecule has 5 heteroatoms. The van der Waals surface area contributed by atoms with Gasteiger partial charge in [-0.15, -0.1) is 0 Å². The van der Waals surface area contributed by atoms with Crippen LogP contribution < -0.4 is 5.32 Å². The van der Waals surface area contributed by atoms with Gasteiger partial charge in [-0.25, -0.2) is 4.39 Å². The third-order valence-electron chi connectivity index (χ3n) is 6.24. The average molecular weight is 387 g/mol. The molecule has 2 aliphatic rings. The monoisotopic (exact) mass is 386 g/mol. The highest BCUT2D eigenvalue weighted by Gasteiger charge is 2.57. The Hall–Kier alpha value is -1.72. The molecule has 0 bridgehead atoms. The topological polar surface area (TPSA) is 32.3 Å². The van der Waals surface area contributed by atoms with Crippen LogP contribution in [0.1, 0.15) is 37.3 Å². The second kappa shape index (κ2) is 7.72. The molecule has 1 aliphatic carbocycles. The number of piperidine rings is 1. The van der Waals surface area contributed by atoms with Gasteiger partial charge in [0.15, 0.2) is 0 Å². The maximum absolute atomic E-state index is 14.0. The number of thiophene rings is 1. The van der Waals surface area contributed by atoms with Crippen molar-refractivity contribution in [3.63, 3.8) is 0 Å². The predicted molar refractivity (Wildman–Crippen MR) is 107 cm³/mol. The van der Waals surface area contributed by atoms with Crippen molar-refractivity contribution in [3.05, 3.63) is 58.0 Å². The van der Waals surface area contributed by atoms with Crippen LogP contribution in [-0.4, -0.2) is 29.9 Å². The molecule has 2 heterocycles. The summed E-state index contributed by atoms with van der Waals surface area (Å²) in [4.78, 5) is 15.5. The lowest BCUT2D eigenvalue weighted by Crippen LogP contribution is -2.41. The van der Waals surface area contributed by atoms with Crippen LogP contribution in [0.3, 0.4) is 0 Å². The Morgan fingerprint density at radius 2 is 2.11 bits per heavy atom. The van der Waals surface area contributed by atoms with Crippen molar-refractivity contribution in [1.82, 2.24) is 10.2 Å². The third kappa shape index (κ3) is 3.94. The molecule has 2 atom stereocenters. The standard InChI is InChI=1S/C22H27FN2OS/c1-16(12-18-4-2-3-5-19(18)23)21(26)25(14-17-6-11-27-15-17)20-13-22(20)7-9-24-10-8-22/h2-6,11,15-16,20,24H,7-10,12-14H2,1H3. The molecule has 4 rings (SSSR count). The predicted octanol–water partition coefficient (Wildman–Crippen LogP) is 4.24. The molecule has 0 radical (unpaired) electrons. The molecule has 1 N–H and O–H groups in total. The minimum absolute atomic E-state index is 0.157. The second-order valence-corrected chi connectivity index (χ2v) is 8.91. The van der Waals surface area contributed by atoms with Crippen LogP contribution in [0.5, 0.6) is 0 Å². The van der Waals surface area contributed by atoms with Gasteiger partial charge in [-0.3, -0.25) is 4.79 Å². The Labute approximate surface area is 164 Å². The van der Waals surface area contributed by atoms with Crippen LogP contribution in [0.25, 0.3) is 0 Å². The van der Waals surface area contributed by atoms with E-state index in [-0.39, 0.29) is 17.6 Å². The molecule has 1 saturated heterocycles. The zero-order valence-corrected chi connectivity index (χ0v) is 16.6. The number of hydrogen-bond donors (Lipinski definition) is 1. The van der Waals surface area contributed by atoms with Crippen LogP contribution in [0.4, 0.5) is 4.39 Å². The molecule has 1 aromatic heterocycles. The number of halogens is 1. The summed E-state index contributed by atoms with van der Waals surface area (Å²) < 4.78 is 14.0. The van der Waals surface area contributed by atoms with Gasteiger partial charge in [0.25, 0.3) is 0 Å². The first-order chi connectivity index (χ1) is 13.1. The number of amides is 1. The molecular weight excluding hydrogens is 359 g/mol. The van der Waals surface area contributed by atoms with Crippen LogP contribution in [0, 0.1) is 17.2 Å². The number of benzene rings is 1. The summed E-state index contributed by atoms with van der Waals surface area (Å²) in [6, 6.07) is 9.22. The van der Waals surface area contributed by atoms with Crippen LogP contribution in [0.2, 0.25) is 0 Å². The zero-order valence-electron chi connectivity index (χ0n) is 15.8. The fraction of sp³-hybridized carbons (Fsp3) is 0.500. The molecule has 2 fully saturated rings. The smallest absolute Gasteiger partial charge is 0.226 e. The third-order valence-corrected chi connectivity index (χ3v) is 6.98. The lowest BCUT2D eigenvalue weighted by molar-refractivity contribution is -0.137. The van der Waals surface area contributed by atoms with Gasteiger partial charge in [0, 0.05) is 18.5 Å². The van der Waals surface area contributed by atoms with Gasteiger partial charge < -0.3 is 10.2 Å². The summed E-state index contributed by atoms with van der Waals surface area (Å²) in [6.45, 7) is 4.69. The van der Waals surface area contributed by atoms with Crippen molar-refractivity contribution >= 4 is 17.2 Å². The van der Waals surface area contributed by atoms with E-state index >= 15 is 0 Å². The van der Waals surface area contributed by atoms with Gasteiger partial charge >= 0.3 is 0 Å². The highest BCUT2D eigenvalue weighted by molar-refractivity contribution is 7.07. The molecule has 144 valence electrons. The first-order valence-corrected chi connectivity index (χ1v) is 10.8. The van der Waals surface area contributed by atoms with Gasteiger partial charge in [0.05, 0.1) is 0 Å².